The van der Waals surface area contributed by atoms with Crippen molar-refractivity contribution >= 4 is 17.6 Å². The van der Waals surface area contributed by atoms with Crippen LogP contribution in [0.4, 0.5) is 5.69 Å². The molecule has 1 atom stereocenters. The maximum absolute atomic E-state index is 11.8. The van der Waals surface area contributed by atoms with Crippen molar-refractivity contribution in [3.63, 3.8) is 0 Å². The molecule has 0 aromatic heterocycles. The number of nitrogens with zero attached hydrogens (tertiary/aromatic N) is 1. The van der Waals surface area contributed by atoms with Gasteiger partial charge in [-0.25, -0.2) is 4.79 Å². The maximum atomic E-state index is 11.8. The Bertz CT molecular complexity index is 427. The van der Waals surface area contributed by atoms with Crippen molar-refractivity contribution in [1.82, 2.24) is 0 Å². The predicted molar refractivity (Wildman–Crippen MR) is 58.3 cm³/mol. The van der Waals surface area contributed by atoms with Gasteiger partial charge >= 0.3 is 5.97 Å². The number of benzene rings is 1. The third kappa shape index (κ3) is 1.69. The van der Waals surface area contributed by atoms with Gasteiger partial charge in [0.15, 0.2) is 0 Å². The fraction of sp³-hybridized carbons (Fsp3) is 0.167. The molecule has 0 bridgehead atoms. The number of hydroxylamine groups is 1. The van der Waals surface area contributed by atoms with E-state index in [9.17, 15) is 9.59 Å². The Kier molecular flexibility index (Phi) is 2.72. The first-order valence-electron chi connectivity index (χ1n) is 4.95. The van der Waals surface area contributed by atoms with Gasteiger partial charge in [0.25, 0.3) is 5.91 Å². The molecule has 0 radical (unpaired) electrons. The van der Waals surface area contributed by atoms with E-state index in [0.29, 0.717) is 12.1 Å². The molecule has 1 aromatic rings. The molecule has 1 unspecified atom stereocenters. The molecule has 1 heterocycles. The van der Waals surface area contributed by atoms with Gasteiger partial charge in [0.2, 0.25) is 0 Å². The first kappa shape index (κ1) is 10.4. The lowest BCUT2D eigenvalue weighted by Crippen LogP contribution is -2.25. The molecule has 16 heavy (non-hydrogen) atoms. The van der Waals surface area contributed by atoms with E-state index in [1.807, 2.05) is 6.07 Å². The summed E-state index contributed by atoms with van der Waals surface area (Å²) in [6.07, 6.45) is 1.85. The number of anilines is 1. The third-order valence-electron chi connectivity index (χ3n) is 2.36. The minimum Gasteiger partial charge on any atom is -0.332 e. The van der Waals surface area contributed by atoms with Gasteiger partial charge in [-0.3, -0.25) is 4.79 Å². The molecule has 1 aromatic carbocycles. The number of para-hydroxylation sites is 1. The maximum Gasteiger partial charge on any atom is 0.345 e. The minimum absolute atomic E-state index is 0.307. The molecule has 2 rings (SSSR count). The van der Waals surface area contributed by atoms with E-state index in [1.54, 1.807) is 30.3 Å². The number of carbonyl (C=O) groups is 2. The summed E-state index contributed by atoms with van der Waals surface area (Å²) >= 11 is 0. The Morgan fingerprint density at radius 3 is 2.62 bits per heavy atom. The van der Waals surface area contributed by atoms with Crippen molar-refractivity contribution in [3.05, 3.63) is 43.0 Å². The van der Waals surface area contributed by atoms with Gasteiger partial charge in [-0.15, -0.1) is 11.6 Å². The zero-order valence-corrected chi connectivity index (χ0v) is 8.63. The molecule has 1 amide bonds. The first-order chi connectivity index (χ1) is 7.74. The van der Waals surface area contributed by atoms with Crippen LogP contribution in [0.2, 0.25) is 0 Å². The Morgan fingerprint density at radius 2 is 2.00 bits per heavy atom. The average Bonchev–Trinajstić information content (AvgIpc) is 2.59. The van der Waals surface area contributed by atoms with Gasteiger partial charge in [-0.2, -0.15) is 0 Å². The van der Waals surface area contributed by atoms with E-state index in [1.165, 1.54) is 0 Å². The van der Waals surface area contributed by atoms with Gasteiger partial charge in [0, 0.05) is 0 Å². The van der Waals surface area contributed by atoms with E-state index >= 15 is 0 Å². The first-order valence-corrected chi connectivity index (χ1v) is 4.95. The van der Waals surface area contributed by atoms with Gasteiger partial charge < -0.3 is 4.84 Å². The lowest BCUT2D eigenvalue weighted by Gasteiger charge is -2.12. The molecule has 4 heteroatoms. The zero-order chi connectivity index (χ0) is 11.5. The van der Waals surface area contributed by atoms with Gasteiger partial charge in [0.05, 0.1) is 5.69 Å². The van der Waals surface area contributed by atoms with Crippen LogP contribution in [-0.4, -0.2) is 11.9 Å². The summed E-state index contributed by atoms with van der Waals surface area (Å²) in [4.78, 5) is 28.2. The highest BCUT2D eigenvalue weighted by molar-refractivity contribution is 6.10. The zero-order valence-electron chi connectivity index (χ0n) is 8.63. The van der Waals surface area contributed by atoms with Crippen LogP contribution in [-0.2, 0) is 14.4 Å². The Morgan fingerprint density at radius 1 is 1.31 bits per heavy atom. The van der Waals surface area contributed by atoms with Crippen LogP contribution in [0.15, 0.2) is 43.0 Å². The van der Waals surface area contributed by atoms with Crippen molar-refractivity contribution in [2.75, 3.05) is 5.06 Å². The Labute approximate surface area is 93.1 Å². The van der Waals surface area contributed by atoms with E-state index < -0.39 is 11.9 Å². The van der Waals surface area contributed by atoms with Crippen LogP contribution in [0.1, 0.15) is 6.42 Å². The smallest absolute Gasteiger partial charge is 0.332 e. The van der Waals surface area contributed by atoms with Gasteiger partial charge in [-0.05, 0) is 18.6 Å². The molecule has 0 saturated carbocycles. The largest absolute Gasteiger partial charge is 0.345 e. The summed E-state index contributed by atoms with van der Waals surface area (Å²) in [6, 6.07) is 8.80. The molecular formula is C12H11NO3. The molecule has 82 valence electrons. The number of amides is 1. The highest BCUT2D eigenvalue weighted by Gasteiger charge is 2.41. The van der Waals surface area contributed by atoms with Crippen molar-refractivity contribution in [2.24, 2.45) is 5.92 Å². The molecule has 0 spiro atoms. The summed E-state index contributed by atoms with van der Waals surface area (Å²) in [7, 11) is 0. The highest BCUT2D eigenvalue weighted by atomic mass is 16.7. The van der Waals surface area contributed by atoms with Crippen LogP contribution in [0.3, 0.4) is 0 Å². The molecule has 1 fully saturated rings. The van der Waals surface area contributed by atoms with Gasteiger partial charge in [-0.1, -0.05) is 24.3 Å². The van der Waals surface area contributed by atoms with Crippen molar-refractivity contribution in [3.8, 4) is 0 Å². The summed E-state index contributed by atoms with van der Waals surface area (Å²) in [6.45, 7) is 3.51. The van der Waals surface area contributed by atoms with Crippen LogP contribution < -0.4 is 5.06 Å². The summed E-state index contributed by atoms with van der Waals surface area (Å²) in [5.74, 6) is -1.61. The number of carbonyl (C=O) groups excluding carboxylic acids is 2. The number of hydrogen-bond acceptors (Lipinski definition) is 3. The quantitative estimate of drug-likeness (QED) is 0.571. The Balaban J connectivity index is 2.24. The topological polar surface area (TPSA) is 46.6 Å². The van der Waals surface area contributed by atoms with Crippen molar-refractivity contribution in [1.29, 1.82) is 0 Å². The molecule has 0 N–H and O–H groups in total. The third-order valence-corrected chi connectivity index (χ3v) is 2.36. The monoisotopic (exact) mass is 217 g/mol. The second-order valence-corrected chi connectivity index (χ2v) is 3.46. The van der Waals surface area contributed by atoms with E-state index in [0.717, 1.165) is 5.06 Å². The molecular weight excluding hydrogens is 206 g/mol. The molecule has 1 saturated heterocycles. The summed E-state index contributed by atoms with van der Waals surface area (Å²) < 4.78 is 0. The fourth-order valence-corrected chi connectivity index (χ4v) is 1.55. The molecule has 4 nitrogen and oxygen atoms in total. The second-order valence-electron chi connectivity index (χ2n) is 3.46. The number of allylic oxidation sites excluding steroid dienone is 1. The normalized spacial score (nSPS) is 19.8. The Hall–Kier alpha value is -2.10. The van der Waals surface area contributed by atoms with Crippen molar-refractivity contribution < 1.29 is 14.4 Å². The highest BCUT2D eigenvalue weighted by Crippen LogP contribution is 2.25. The minimum atomic E-state index is -0.752. The number of hydrogen-bond donors (Lipinski definition) is 0. The van der Waals surface area contributed by atoms with Gasteiger partial charge in [0.1, 0.15) is 5.92 Å². The van der Waals surface area contributed by atoms with Crippen LogP contribution in [0.5, 0.6) is 0 Å². The second kappa shape index (κ2) is 4.18. The number of rotatable bonds is 3. The lowest BCUT2D eigenvalue weighted by atomic mass is 10.1. The molecule has 1 aliphatic heterocycles. The predicted octanol–water partition coefficient (Wildman–Crippen LogP) is 1.68. The van der Waals surface area contributed by atoms with Crippen molar-refractivity contribution in [2.45, 2.75) is 6.42 Å². The summed E-state index contributed by atoms with van der Waals surface area (Å²) in [5.41, 5.74) is 0.562. The van der Waals surface area contributed by atoms with E-state index in [2.05, 4.69) is 6.58 Å². The summed E-state index contributed by atoms with van der Waals surface area (Å²) in [5, 5.41) is 1.04. The standard InChI is InChI=1S/C12H11NO3/c1-2-6-10-11(14)13(16-12(10)15)9-7-4-3-5-8-9/h2-5,7-8,10H,1,6H2. The van der Waals surface area contributed by atoms with Crippen LogP contribution >= 0.6 is 0 Å². The van der Waals surface area contributed by atoms with E-state index in [4.69, 9.17) is 4.84 Å². The van der Waals surface area contributed by atoms with Crippen LogP contribution in [0, 0.1) is 5.92 Å². The lowest BCUT2D eigenvalue weighted by molar-refractivity contribution is -0.142. The van der Waals surface area contributed by atoms with Crippen LogP contribution in [0.25, 0.3) is 0 Å². The molecule has 0 aliphatic carbocycles. The fourth-order valence-electron chi connectivity index (χ4n) is 1.55. The SMILES string of the molecule is C=CCC1C(=O)ON(c2ccccc2)C1=O. The molecule has 1 aliphatic rings. The van der Waals surface area contributed by atoms with E-state index in [-0.39, 0.29) is 5.91 Å². The average molecular weight is 217 g/mol.